The molecule has 0 saturated carbocycles. The van der Waals surface area contributed by atoms with Gasteiger partial charge in [0.25, 0.3) is 0 Å². The molecular formula is C10H12N4O3S. The Kier molecular flexibility index (Phi) is 3.49. The Morgan fingerprint density at radius 1 is 1.78 bits per heavy atom. The van der Waals surface area contributed by atoms with Crippen LogP contribution in [0, 0.1) is 0 Å². The molecule has 0 aliphatic carbocycles. The van der Waals surface area contributed by atoms with Gasteiger partial charge in [0.15, 0.2) is 0 Å². The average Bonchev–Trinajstić information content (AvgIpc) is 2.59. The number of allylic oxidation sites excluding steroid dienone is 1. The number of carboxylic acids is 1. The first-order valence-corrected chi connectivity index (χ1v) is 6.42. The van der Waals surface area contributed by atoms with Crippen molar-refractivity contribution < 1.29 is 14.7 Å². The lowest BCUT2D eigenvalue weighted by Crippen LogP contribution is -2.48. The SMILES string of the molecule is CC(CCC1=C(C(=O)O)N2C(=O)C[C@@H]2S1)N=[N+]=[N-]. The second-order valence-electron chi connectivity index (χ2n) is 4.21. The predicted molar refractivity (Wildman–Crippen MR) is 65.3 cm³/mol. The number of β-lactam (4-membered cyclic amide) rings is 1. The summed E-state index contributed by atoms with van der Waals surface area (Å²) in [6.07, 6.45) is 1.50. The highest BCUT2D eigenvalue weighted by atomic mass is 32.2. The van der Waals surface area contributed by atoms with Crippen LogP contribution < -0.4 is 0 Å². The first-order valence-electron chi connectivity index (χ1n) is 5.54. The van der Waals surface area contributed by atoms with Crippen molar-refractivity contribution in [2.45, 2.75) is 37.6 Å². The Morgan fingerprint density at radius 2 is 2.50 bits per heavy atom. The molecule has 0 aromatic rings. The lowest BCUT2D eigenvalue weighted by Gasteiger charge is -2.33. The van der Waals surface area contributed by atoms with Gasteiger partial charge in [-0.15, -0.1) is 11.8 Å². The number of thioether (sulfide) groups is 1. The van der Waals surface area contributed by atoms with E-state index in [1.807, 2.05) is 0 Å². The number of aliphatic carboxylic acids is 1. The van der Waals surface area contributed by atoms with Crippen molar-refractivity contribution in [1.29, 1.82) is 0 Å². The smallest absolute Gasteiger partial charge is 0.353 e. The highest BCUT2D eigenvalue weighted by molar-refractivity contribution is 8.04. The summed E-state index contributed by atoms with van der Waals surface area (Å²) in [6, 6.07) is -0.179. The minimum absolute atomic E-state index is 0.0478. The van der Waals surface area contributed by atoms with E-state index in [4.69, 9.17) is 10.6 Å². The summed E-state index contributed by atoms with van der Waals surface area (Å²) in [5.74, 6) is -1.20. The molecular weight excluding hydrogens is 256 g/mol. The van der Waals surface area contributed by atoms with Crippen LogP contribution in [0.2, 0.25) is 0 Å². The molecule has 18 heavy (non-hydrogen) atoms. The summed E-state index contributed by atoms with van der Waals surface area (Å²) >= 11 is 1.43. The molecule has 0 spiro atoms. The first kappa shape index (κ1) is 12.8. The summed E-state index contributed by atoms with van der Waals surface area (Å²) in [5, 5.41) is 12.6. The fourth-order valence-electron chi connectivity index (χ4n) is 1.99. The third-order valence-corrected chi connectivity index (χ3v) is 4.26. The molecule has 2 atom stereocenters. The molecule has 8 heteroatoms. The normalized spacial score (nSPS) is 23.3. The van der Waals surface area contributed by atoms with Crippen molar-refractivity contribution in [2.75, 3.05) is 0 Å². The molecule has 0 bridgehead atoms. The van der Waals surface area contributed by atoms with Gasteiger partial charge in [-0.2, -0.15) is 0 Å². The monoisotopic (exact) mass is 268 g/mol. The first-order chi connectivity index (χ1) is 8.54. The lowest BCUT2D eigenvalue weighted by molar-refractivity contribution is -0.145. The van der Waals surface area contributed by atoms with Crippen LogP contribution in [0.1, 0.15) is 26.2 Å². The molecule has 2 rings (SSSR count). The largest absolute Gasteiger partial charge is 0.477 e. The number of carboxylic acid groups (broad SMARTS) is 1. The zero-order chi connectivity index (χ0) is 13.3. The van der Waals surface area contributed by atoms with Crippen LogP contribution in [0.15, 0.2) is 15.7 Å². The fourth-order valence-corrected chi connectivity index (χ4v) is 3.41. The number of amides is 1. The van der Waals surface area contributed by atoms with E-state index in [1.165, 1.54) is 16.7 Å². The summed E-state index contributed by atoms with van der Waals surface area (Å²) in [4.78, 5) is 27.3. The van der Waals surface area contributed by atoms with Gasteiger partial charge in [0.2, 0.25) is 5.91 Å². The van der Waals surface area contributed by atoms with E-state index in [9.17, 15) is 9.59 Å². The summed E-state index contributed by atoms with van der Waals surface area (Å²) in [5.41, 5.74) is 8.40. The van der Waals surface area contributed by atoms with Crippen molar-refractivity contribution >= 4 is 23.6 Å². The van der Waals surface area contributed by atoms with Crippen LogP contribution in [-0.4, -0.2) is 33.3 Å². The molecule has 0 radical (unpaired) electrons. The molecule has 1 amide bonds. The summed E-state index contributed by atoms with van der Waals surface area (Å²) in [6.45, 7) is 1.78. The Morgan fingerprint density at radius 3 is 3.06 bits per heavy atom. The van der Waals surface area contributed by atoms with Crippen LogP contribution in [0.25, 0.3) is 10.4 Å². The molecule has 1 unspecified atom stereocenters. The van der Waals surface area contributed by atoms with Crippen molar-refractivity contribution in [2.24, 2.45) is 5.11 Å². The molecule has 7 nitrogen and oxygen atoms in total. The van der Waals surface area contributed by atoms with Gasteiger partial charge in [0, 0.05) is 15.9 Å². The van der Waals surface area contributed by atoms with Crippen molar-refractivity contribution in [3.8, 4) is 0 Å². The number of azide groups is 1. The number of fused-ring (bicyclic) bond motifs is 1. The van der Waals surface area contributed by atoms with E-state index < -0.39 is 5.97 Å². The highest BCUT2D eigenvalue weighted by Gasteiger charge is 2.47. The van der Waals surface area contributed by atoms with Crippen molar-refractivity contribution in [1.82, 2.24) is 4.90 Å². The zero-order valence-electron chi connectivity index (χ0n) is 9.74. The van der Waals surface area contributed by atoms with E-state index in [-0.39, 0.29) is 23.0 Å². The number of hydrogen-bond donors (Lipinski definition) is 1. The second-order valence-corrected chi connectivity index (χ2v) is 5.48. The topological polar surface area (TPSA) is 106 Å². The maximum absolute atomic E-state index is 11.4. The van der Waals surface area contributed by atoms with E-state index in [0.717, 1.165) is 0 Å². The molecule has 0 aromatic heterocycles. The van der Waals surface area contributed by atoms with Crippen LogP contribution in [0.4, 0.5) is 0 Å². The molecule has 1 saturated heterocycles. The molecule has 2 heterocycles. The van der Waals surface area contributed by atoms with Crippen LogP contribution >= 0.6 is 11.8 Å². The minimum atomic E-state index is -1.07. The summed E-state index contributed by atoms with van der Waals surface area (Å²) in [7, 11) is 0. The standard InChI is InChI=1S/C10H12N4O3S/c1-5(12-13-11)2-3-6-9(10(16)17)14-7(15)4-8(14)18-6/h5,8H,2-4H2,1H3,(H,16,17)/t5?,8-/m0/s1. The summed E-state index contributed by atoms with van der Waals surface area (Å²) < 4.78 is 0. The quantitative estimate of drug-likeness (QED) is 0.356. The number of carbonyl (C=O) groups is 2. The van der Waals surface area contributed by atoms with Gasteiger partial charge in [-0.3, -0.25) is 9.69 Å². The molecule has 1 N–H and O–H groups in total. The van der Waals surface area contributed by atoms with Crippen LogP contribution in [0.5, 0.6) is 0 Å². The van der Waals surface area contributed by atoms with E-state index in [1.54, 1.807) is 6.92 Å². The van der Waals surface area contributed by atoms with Gasteiger partial charge in [-0.05, 0) is 18.4 Å². The maximum Gasteiger partial charge on any atom is 0.353 e. The third-order valence-electron chi connectivity index (χ3n) is 2.93. The molecule has 0 aromatic carbocycles. The van der Waals surface area contributed by atoms with Crippen LogP contribution in [0.3, 0.4) is 0 Å². The molecule has 2 aliphatic rings. The van der Waals surface area contributed by atoms with Gasteiger partial charge in [-0.25, -0.2) is 4.79 Å². The number of carbonyl (C=O) groups excluding carboxylic acids is 1. The maximum atomic E-state index is 11.4. The van der Waals surface area contributed by atoms with Crippen LogP contribution in [-0.2, 0) is 9.59 Å². The third kappa shape index (κ3) is 2.16. The van der Waals surface area contributed by atoms with Gasteiger partial charge < -0.3 is 5.11 Å². The minimum Gasteiger partial charge on any atom is -0.477 e. The van der Waals surface area contributed by atoms with E-state index in [0.29, 0.717) is 24.2 Å². The second kappa shape index (κ2) is 4.91. The van der Waals surface area contributed by atoms with E-state index >= 15 is 0 Å². The van der Waals surface area contributed by atoms with Gasteiger partial charge in [0.05, 0.1) is 11.8 Å². The fraction of sp³-hybridized carbons (Fsp3) is 0.600. The molecule has 96 valence electrons. The number of nitrogens with zero attached hydrogens (tertiary/aromatic N) is 4. The predicted octanol–water partition coefficient (Wildman–Crippen LogP) is 2.07. The van der Waals surface area contributed by atoms with Crippen molar-refractivity contribution in [3.63, 3.8) is 0 Å². The Bertz CT molecular complexity index is 484. The Labute approximate surface area is 107 Å². The van der Waals surface area contributed by atoms with Gasteiger partial charge in [-0.1, -0.05) is 12.0 Å². The van der Waals surface area contributed by atoms with Gasteiger partial charge >= 0.3 is 5.97 Å². The Balaban J connectivity index is 2.09. The average molecular weight is 268 g/mol. The van der Waals surface area contributed by atoms with E-state index in [2.05, 4.69) is 10.0 Å². The molecule has 2 aliphatic heterocycles. The lowest BCUT2D eigenvalue weighted by atomic mass is 10.1. The number of rotatable bonds is 5. The number of hydrogen-bond acceptors (Lipinski definition) is 4. The molecule has 1 fully saturated rings. The zero-order valence-corrected chi connectivity index (χ0v) is 10.6. The highest BCUT2D eigenvalue weighted by Crippen LogP contribution is 2.47. The Hall–Kier alpha value is -1.66. The van der Waals surface area contributed by atoms with Gasteiger partial charge in [0.1, 0.15) is 5.70 Å². The van der Waals surface area contributed by atoms with Crippen molar-refractivity contribution in [3.05, 3.63) is 21.0 Å².